The van der Waals surface area contributed by atoms with Crippen LogP contribution in [0.25, 0.3) is 0 Å². The van der Waals surface area contributed by atoms with Crippen molar-refractivity contribution in [1.29, 1.82) is 0 Å². The number of para-hydroxylation sites is 1. The first-order valence-electron chi connectivity index (χ1n) is 9.53. The lowest BCUT2D eigenvalue weighted by Crippen LogP contribution is -2.25. The molecular formula is C20H25ClN2O6S2. The Kier molecular flexibility index (Phi) is 8.72. The van der Waals surface area contributed by atoms with Gasteiger partial charge in [0.2, 0.25) is 5.91 Å². The highest BCUT2D eigenvalue weighted by Gasteiger charge is 2.23. The van der Waals surface area contributed by atoms with Crippen molar-refractivity contribution in [2.75, 3.05) is 28.7 Å². The predicted octanol–water partition coefficient (Wildman–Crippen LogP) is 3.69. The number of sulfonamides is 1. The van der Waals surface area contributed by atoms with Gasteiger partial charge in [0.05, 0.1) is 23.6 Å². The van der Waals surface area contributed by atoms with Crippen LogP contribution < -0.4 is 14.8 Å². The largest absolute Gasteiger partial charge is 0.495 e. The van der Waals surface area contributed by atoms with Crippen LogP contribution in [0.4, 0.5) is 11.4 Å². The molecule has 2 aromatic carbocycles. The lowest BCUT2D eigenvalue weighted by Gasteiger charge is -2.14. The fraction of sp³-hybridized carbons (Fsp3) is 0.350. The summed E-state index contributed by atoms with van der Waals surface area (Å²) in [7, 11) is -6.36. The zero-order valence-corrected chi connectivity index (χ0v) is 19.6. The van der Waals surface area contributed by atoms with E-state index in [0.29, 0.717) is 6.42 Å². The summed E-state index contributed by atoms with van der Waals surface area (Å²) in [5.74, 6) is -1.45. The van der Waals surface area contributed by atoms with E-state index in [0.717, 1.165) is 12.8 Å². The Bertz CT molecular complexity index is 1130. The first kappa shape index (κ1) is 25.0. The van der Waals surface area contributed by atoms with E-state index in [2.05, 4.69) is 10.0 Å². The number of carbonyl (C=O) groups excluding carboxylic acids is 1. The van der Waals surface area contributed by atoms with Gasteiger partial charge in [-0.15, -0.1) is 0 Å². The minimum atomic E-state index is -4.12. The zero-order chi connectivity index (χ0) is 23.1. The van der Waals surface area contributed by atoms with Crippen LogP contribution in [-0.2, 0) is 24.7 Å². The highest BCUT2D eigenvalue weighted by molar-refractivity contribution is 7.93. The van der Waals surface area contributed by atoms with E-state index in [9.17, 15) is 21.6 Å². The lowest BCUT2D eigenvalue weighted by molar-refractivity contribution is -0.113. The summed E-state index contributed by atoms with van der Waals surface area (Å²) in [4.78, 5) is 12.0. The van der Waals surface area contributed by atoms with Gasteiger partial charge in [0.25, 0.3) is 10.0 Å². The van der Waals surface area contributed by atoms with E-state index in [1.54, 1.807) is 12.1 Å². The van der Waals surface area contributed by atoms with E-state index in [-0.39, 0.29) is 32.8 Å². The van der Waals surface area contributed by atoms with Crippen LogP contribution in [-0.4, -0.2) is 41.4 Å². The third-order valence-corrected chi connectivity index (χ3v) is 7.59. The first-order valence-corrected chi connectivity index (χ1v) is 13.2. The molecule has 2 N–H and O–H groups in total. The van der Waals surface area contributed by atoms with Gasteiger partial charge < -0.3 is 10.1 Å². The quantitative estimate of drug-likeness (QED) is 0.465. The van der Waals surface area contributed by atoms with Crippen LogP contribution in [0.15, 0.2) is 47.4 Å². The van der Waals surface area contributed by atoms with E-state index in [1.807, 2.05) is 6.92 Å². The molecule has 2 aromatic rings. The number of sulfone groups is 1. The molecule has 0 atom stereocenters. The maximum absolute atomic E-state index is 12.9. The zero-order valence-electron chi connectivity index (χ0n) is 17.2. The van der Waals surface area contributed by atoms with Gasteiger partial charge in [0.15, 0.2) is 9.84 Å². The van der Waals surface area contributed by atoms with Crippen LogP contribution >= 0.6 is 11.6 Å². The predicted molar refractivity (Wildman–Crippen MR) is 122 cm³/mol. The van der Waals surface area contributed by atoms with Gasteiger partial charge in [0.1, 0.15) is 16.4 Å². The molecule has 2 rings (SSSR count). The Balaban J connectivity index is 2.22. The normalized spacial score (nSPS) is 11.7. The molecule has 0 spiro atoms. The number of ether oxygens (including phenoxy) is 1. The van der Waals surface area contributed by atoms with Crippen molar-refractivity contribution in [3.05, 3.63) is 47.5 Å². The third-order valence-electron chi connectivity index (χ3n) is 4.26. The standard InChI is InChI=1S/C20H25ClN2O6S2/c1-3-4-7-12-30(25,26)14-20(24)22-15-10-11-18(29-2)19(13-15)31(27,28)23-17-9-6-5-8-16(17)21/h5-6,8-11,13,23H,3-4,7,12,14H2,1-2H3,(H,22,24). The second-order valence-corrected chi connectivity index (χ2v) is 11.0. The maximum atomic E-state index is 12.9. The molecule has 0 aromatic heterocycles. The summed E-state index contributed by atoms with van der Waals surface area (Å²) in [5.41, 5.74) is 0.299. The second-order valence-electron chi connectivity index (χ2n) is 6.80. The van der Waals surface area contributed by atoms with Crippen LogP contribution in [0.1, 0.15) is 26.2 Å². The number of carbonyl (C=O) groups is 1. The van der Waals surface area contributed by atoms with Crippen molar-refractivity contribution in [2.24, 2.45) is 0 Å². The number of unbranched alkanes of at least 4 members (excludes halogenated alkanes) is 2. The average molecular weight is 489 g/mol. The molecule has 11 heteroatoms. The maximum Gasteiger partial charge on any atom is 0.265 e. The number of halogens is 1. The van der Waals surface area contributed by atoms with Gasteiger partial charge in [0, 0.05) is 5.69 Å². The average Bonchev–Trinajstić information content (AvgIpc) is 2.69. The number of benzene rings is 2. The fourth-order valence-corrected chi connectivity index (χ4v) is 5.52. The van der Waals surface area contributed by atoms with Crippen LogP contribution in [0.3, 0.4) is 0 Å². The summed E-state index contributed by atoms with van der Waals surface area (Å²) < 4.78 is 57.4. The van der Waals surface area contributed by atoms with E-state index >= 15 is 0 Å². The molecule has 170 valence electrons. The Morgan fingerprint density at radius 2 is 1.77 bits per heavy atom. The van der Waals surface area contributed by atoms with Crippen molar-refractivity contribution in [3.8, 4) is 5.75 Å². The molecule has 0 unspecified atom stereocenters. The first-order chi connectivity index (χ1) is 14.6. The highest BCUT2D eigenvalue weighted by atomic mass is 35.5. The molecule has 0 fully saturated rings. The third kappa shape index (κ3) is 7.41. The van der Waals surface area contributed by atoms with Crippen LogP contribution in [0.2, 0.25) is 5.02 Å². The van der Waals surface area contributed by atoms with Crippen molar-refractivity contribution >= 4 is 48.7 Å². The molecule has 8 nitrogen and oxygen atoms in total. The monoisotopic (exact) mass is 488 g/mol. The number of anilines is 2. The molecule has 0 aliphatic heterocycles. The lowest BCUT2D eigenvalue weighted by atomic mass is 10.3. The molecule has 0 saturated heterocycles. The van der Waals surface area contributed by atoms with Gasteiger partial charge in [-0.3, -0.25) is 9.52 Å². The second kappa shape index (κ2) is 10.8. The van der Waals surface area contributed by atoms with Gasteiger partial charge in [-0.25, -0.2) is 16.8 Å². The summed E-state index contributed by atoms with van der Waals surface area (Å²) >= 11 is 6.03. The van der Waals surface area contributed by atoms with Gasteiger partial charge in [-0.05, 0) is 36.8 Å². The molecule has 0 radical (unpaired) electrons. The van der Waals surface area contributed by atoms with Crippen LogP contribution in [0, 0.1) is 0 Å². The number of amides is 1. The Labute approximate surface area is 187 Å². The molecule has 0 saturated carbocycles. The van der Waals surface area contributed by atoms with Crippen molar-refractivity contribution in [1.82, 2.24) is 0 Å². The van der Waals surface area contributed by atoms with Crippen LogP contribution in [0.5, 0.6) is 5.75 Å². The molecule has 0 heterocycles. The van der Waals surface area contributed by atoms with E-state index < -0.39 is 31.5 Å². The number of methoxy groups -OCH3 is 1. The van der Waals surface area contributed by atoms with E-state index in [4.69, 9.17) is 16.3 Å². The fourth-order valence-electron chi connectivity index (χ4n) is 2.75. The minimum absolute atomic E-state index is 0.0461. The number of rotatable bonds is 11. The molecule has 1 amide bonds. The molecule has 0 aliphatic rings. The summed E-state index contributed by atoms with van der Waals surface area (Å²) in [6.45, 7) is 1.95. The molecular weight excluding hydrogens is 464 g/mol. The van der Waals surface area contributed by atoms with Gasteiger partial charge >= 0.3 is 0 Å². The Morgan fingerprint density at radius 1 is 1.06 bits per heavy atom. The van der Waals surface area contributed by atoms with Gasteiger partial charge in [-0.2, -0.15) is 0 Å². The van der Waals surface area contributed by atoms with Crippen molar-refractivity contribution in [2.45, 2.75) is 31.1 Å². The van der Waals surface area contributed by atoms with E-state index in [1.165, 1.54) is 37.4 Å². The smallest absolute Gasteiger partial charge is 0.265 e. The number of hydrogen-bond acceptors (Lipinski definition) is 6. The topological polar surface area (TPSA) is 119 Å². The Hall–Kier alpha value is -2.30. The number of nitrogens with one attached hydrogen (secondary N) is 2. The highest BCUT2D eigenvalue weighted by Crippen LogP contribution is 2.30. The summed E-state index contributed by atoms with van der Waals surface area (Å²) in [6.07, 6.45) is 2.12. The molecule has 0 aliphatic carbocycles. The summed E-state index contributed by atoms with van der Waals surface area (Å²) in [5, 5.41) is 2.65. The van der Waals surface area contributed by atoms with Crippen molar-refractivity contribution in [3.63, 3.8) is 0 Å². The van der Waals surface area contributed by atoms with Crippen molar-refractivity contribution < 1.29 is 26.4 Å². The SMILES string of the molecule is CCCCCS(=O)(=O)CC(=O)Nc1ccc(OC)c(S(=O)(=O)Nc2ccccc2Cl)c1. The molecule has 0 bridgehead atoms. The summed E-state index contributed by atoms with van der Waals surface area (Å²) in [6, 6.07) is 10.3. The Morgan fingerprint density at radius 3 is 2.42 bits per heavy atom. The molecule has 31 heavy (non-hydrogen) atoms. The number of hydrogen-bond donors (Lipinski definition) is 2. The van der Waals surface area contributed by atoms with Gasteiger partial charge in [-0.1, -0.05) is 43.5 Å². The minimum Gasteiger partial charge on any atom is -0.495 e.